The number of carbonyl (C=O) groups excluding carboxylic acids is 1. The Labute approximate surface area is 270 Å². The van der Waals surface area contributed by atoms with Crippen LogP contribution in [0.15, 0.2) is 26.6 Å². The first-order valence-electron chi connectivity index (χ1n) is 15.3. The largest absolute Gasteiger partial charge is 0.388 e. The van der Waals surface area contributed by atoms with E-state index in [1.54, 1.807) is 30.5 Å². The molecule has 0 saturated heterocycles. The summed E-state index contributed by atoms with van der Waals surface area (Å²) >= 11 is 14.8. The van der Waals surface area contributed by atoms with E-state index in [4.69, 9.17) is 23.2 Å². The van der Waals surface area contributed by atoms with Gasteiger partial charge in [0.1, 0.15) is 12.1 Å². The molecule has 2 aromatic rings. The quantitative estimate of drug-likeness (QED) is 0.198. The minimum absolute atomic E-state index is 0.0945. The van der Waals surface area contributed by atoms with Crippen LogP contribution in [0, 0.1) is 34.3 Å². The van der Waals surface area contributed by atoms with Gasteiger partial charge in [-0.05, 0) is 89.2 Å². The van der Waals surface area contributed by atoms with Crippen LogP contribution >= 0.6 is 39.1 Å². The topological polar surface area (TPSA) is 62.0 Å². The number of fused-ring (bicyclic) bond motifs is 8. The minimum Gasteiger partial charge on any atom is -0.388 e. The summed E-state index contributed by atoms with van der Waals surface area (Å²) in [5.41, 5.74) is 3.83. The summed E-state index contributed by atoms with van der Waals surface area (Å²) in [6.45, 7) is 0.985. The molecule has 10 rings (SSSR count). The second kappa shape index (κ2) is 12.5. The van der Waals surface area contributed by atoms with Crippen molar-refractivity contribution in [1.82, 2.24) is 0 Å². The zero-order valence-corrected chi connectivity index (χ0v) is 27.2. The van der Waals surface area contributed by atoms with Gasteiger partial charge in [0.25, 0.3) is 0 Å². The number of aliphatic imine (C=N–C) groups is 2. The zero-order valence-electron chi connectivity index (χ0n) is 24.1. The summed E-state index contributed by atoms with van der Waals surface area (Å²) in [5.74, 6) is 1.68. The SMILES string of the molecule is Fc1c(Cl)cc2c(c1Br)CN=C2.O=CC12CC[C+](CC1)CC2.OC(c1c(F)c(Cl)cc2c1CN=C2)C12CCC(CC1)CC2. The van der Waals surface area contributed by atoms with Gasteiger partial charge in [-0.2, -0.15) is 0 Å². The fourth-order valence-electron chi connectivity index (χ4n) is 7.88. The molecule has 2 heterocycles. The van der Waals surface area contributed by atoms with Gasteiger partial charge >= 0.3 is 0 Å². The maximum Gasteiger partial charge on any atom is 0.156 e. The smallest absolute Gasteiger partial charge is 0.156 e. The Bertz CT molecular complexity index is 1440. The molecule has 0 amide bonds. The van der Waals surface area contributed by atoms with E-state index in [1.165, 1.54) is 25.5 Å². The Morgan fingerprint density at radius 2 is 1.40 bits per heavy atom. The standard InChI is InChI=1S/C17H19ClFNO.C9H13O.C8H4BrClFN/c18-13-7-11-8-20-9-12(11)14(15(13)19)16(21)17-4-1-10(2-5-17)3-6-17;10-7-9-4-1-8(2-5-9)3-6-9;9-7-5-3-12-2-4(5)1-6(10)8(7)11/h7-8,10,16,21H,1-6,9H2;7H,1-6H2;1-2H,3H2/q;+1;. The fraction of sp³-hybridized carbons (Fsp3) is 0.529. The first-order chi connectivity index (χ1) is 20.7. The second-order valence-corrected chi connectivity index (χ2v) is 14.7. The Morgan fingerprint density at radius 1 is 0.884 bits per heavy atom. The lowest BCUT2D eigenvalue weighted by Gasteiger charge is -2.49. The van der Waals surface area contributed by atoms with E-state index >= 15 is 0 Å². The Kier molecular flexibility index (Phi) is 9.09. The summed E-state index contributed by atoms with van der Waals surface area (Å²) in [4.78, 5) is 19.0. The van der Waals surface area contributed by atoms with E-state index in [-0.39, 0.29) is 20.9 Å². The molecule has 8 aliphatic rings. The van der Waals surface area contributed by atoms with Crippen LogP contribution in [-0.2, 0) is 17.9 Å². The van der Waals surface area contributed by atoms with Crippen molar-refractivity contribution < 1.29 is 18.7 Å². The highest BCUT2D eigenvalue weighted by atomic mass is 79.9. The zero-order chi connectivity index (χ0) is 30.4. The normalized spacial score (nSPS) is 25.8. The molecule has 2 aliphatic heterocycles. The maximum atomic E-state index is 14.6. The van der Waals surface area contributed by atoms with E-state index in [9.17, 15) is 18.7 Å². The highest BCUT2D eigenvalue weighted by molar-refractivity contribution is 9.10. The predicted molar refractivity (Wildman–Crippen MR) is 171 cm³/mol. The van der Waals surface area contributed by atoms with Crippen molar-refractivity contribution >= 4 is 57.8 Å². The van der Waals surface area contributed by atoms with Crippen LogP contribution in [0.3, 0.4) is 0 Å². The lowest BCUT2D eigenvalue weighted by Crippen LogP contribution is -2.39. The van der Waals surface area contributed by atoms with Gasteiger partial charge in [0.05, 0.1) is 58.9 Å². The summed E-state index contributed by atoms with van der Waals surface area (Å²) in [6, 6.07) is 3.21. The Morgan fingerprint density at radius 3 is 1.93 bits per heavy atom. The van der Waals surface area contributed by atoms with Crippen molar-refractivity contribution in [2.24, 2.45) is 26.7 Å². The average Bonchev–Trinajstić information content (AvgIpc) is 3.72. The minimum atomic E-state index is -0.757. The van der Waals surface area contributed by atoms with Crippen LogP contribution in [0.25, 0.3) is 0 Å². The number of hydrogen-bond acceptors (Lipinski definition) is 4. The maximum absolute atomic E-state index is 14.6. The molecule has 0 spiro atoms. The van der Waals surface area contributed by atoms with Crippen molar-refractivity contribution in [3.8, 4) is 0 Å². The number of hydrogen-bond donors (Lipinski definition) is 1. The average molecular weight is 693 g/mol. The molecule has 4 bridgehead atoms. The highest BCUT2D eigenvalue weighted by Crippen LogP contribution is 2.57. The van der Waals surface area contributed by atoms with Gasteiger partial charge in [-0.25, -0.2) is 8.78 Å². The molecule has 43 heavy (non-hydrogen) atoms. The Balaban J connectivity index is 0.000000126. The lowest BCUT2D eigenvalue weighted by molar-refractivity contribution is -0.119. The van der Waals surface area contributed by atoms with Crippen molar-refractivity contribution in [2.45, 2.75) is 96.2 Å². The first-order valence-corrected chi connectivity index (χ1v) is 16.8. The van der Waals surface area contributed by atoms with Gasteiger partial charge in [0.2, 0.25) is 0 Å². The van der Waals surface area contributed by atoms with Gasteiger partial charge in [-0.15, -0.1) is 0 Å². The molecule has 6 fully saturated rings. The highest BCUT2D eigenvalue weighted by Gasteiger charge is 2.48. The summed E-state index contributed by atoms with van der Waals surface area (Å²) in [7, 11) is 0. The van der Waals surface area contributed by atoms with Crippen molar-refractivity contribution in [3.63, 3.8) is 0 Å². The van der Waals surface area contributed by atoms with Gasteiger partial charge in [0.15, 0.2) is 5.82 Å². The number of aliphatic hydroxyl groups is 1. The van der Waals surface area contributed by atoms with E-state index < -0.39 is 17.7 Å². The molecule has 2 aromatic carbocycles. The third-order valence-electron chi connectivity index (χ3n) is 10.8. The molecule has 1 unspecified atom stereocenters. The van der Waals surface area contributed by atoms with Gasteiger partial charge < -0.3 is 9.90 Å². The van der Waals surface area contributed by atoms with Crippen LogP contribution in [-0.4, -0.2) is 23.8 Å². The number of nitrogens with zero attached hydrogens (tertiary/aromatic N) is 2. The van der Waals surface area contributed by atoms with Crippen molar-refractivity contribution in [2.75, 3.05) is 0 Å². The van der Waals surface area contributed by atoms with Crippen LogP contribution in [0.1, 0.15) is 111 Å². The molecule has 6 aliphatic carbocycles. The summed E-state index contributed by atoms with van der Waals surface area (Å²) in [5, 5.41) is 11.3. The number of rotatable bonds is 3. The number of carbonyl (C=O) groups is 1. The predicted octanol–water partition coefficient (Wildman–Crippen LogP) is 9.70. The molecule has 1 N–H and O–H groups in total. The summed E-state index contributed by atoms with van der Waals surface area (Å²) < 4.78 is 28.2. The fourth-order valence-corrected chi connectivity index (χ4v) is 8.99. The molecule has 228 valence electrons. The van der Waals surface area contributed by atoms with Gasteiger partial charge in [-0.1, -0.05) is 23.2 Å². The van der Waals surface area contributed by atoms with E-state index in [2.05, 4.69) is 25.9 Å². The molecule has 0 radical (unpaired) electrons. The molecule has 1 atom stereocenters. The van der Waals surface area contributed by atoms with Crippen LogP contribution in [0.2, 0.25) is 10.0 Å². The number of halogens is 5. The van der Waals surface area contributed by atoms with Crippen molar-refractivity contribution in [1.29, 1.82) is 0 Å². The third-order valence-corrected chi connectivity index (χ3v) is 12.2. The monoisotopic (exact) mass is 691 g/mol. The van der Waals surface area contributed by atoms with Gasteiger partial charge in [0, 0.05) is 53.6 Å². The van der Waals surface area contributed by atoms with Crippen molar-refractivity contribution in [3.05, 3.63) is 72.0 Å². The molecule has 9 heteroatoms. The second-order valence-electron chi connectivity index (χ2n) is 13.1. The molecule has 4 nitrogen and oxygen atoms in total. The van der Waals surface area contributed by atoms with Gasteiger partial charge in [-0.3, -0.25) is 9.98 Å². The van der Waals surface area contributed by atoms with E-state index in [0.29, 0.717) is 23.1 Å². The molecular weight excluding hydrogens is 657 g/mol. The third kappa shape index (κ3) is 5.96. The van der Waals surface area contributed by atoms with E-state index in [0.717, 1.165) is 86.0 Å². The molecular formula is C34H36BrCl2F2N2O2+. The number of aliphatic hydroxyl groups excluding tert-OH is 1. The van der Waals surface area contributed by atoms with Crippen LogP contribution < -0.4 is 0 Å². The summed E-state index contributed by atoms with van der Waals surface area (Å²) in [6.07, 6.45) is 17.5. The lowest BCUT2D eigenvalue weighted by atomic mass is 9.57. The van der Waals surface area contributed by atoms with E-state index in [1.807, 2.05) is 0 Å². The number of benzene rings is 2. The number of aldehydes is 1. The first kappa shape index (κ1) is 31.2. The Hall–Kier alpha value is -1.80. The van der Waals surface area contributed by atoms with Crippen LogP contribution in [0.5, 0.6) is 0 Å². The van der Waals surface area contributed by atoms with Crippen LogP contribution in [0.4, 0.5) is 8.78 Å². The molecule has 6 saturated carbocycles. The molecule has 0 aromatic heterocycles.